The number of carbonyl (C=O) groups is 1. The Labute approximate surface area is 121 Å². The highest BCUT2D eigenvalue weighted by molar-refractivity contribution is 6.08. The van der Waals surface area contributed by atoms with Gasteiger partial charge in [-0.25, -0.2) is 0 Å². The summed E-state index contributed by atoms with van der Waals surface area (Å²) in [5.41, 5.74) is 2.65. The van der Waals surface area contributed by atoms with E-state index in [2.05, 4.69) is 11.8 Å². The van der Waals surface area contributed by atoms with Crippen LogP contribution >= 0.6 is 0 Å². The highest BCUT2D eigenvalue weighted by Crippen LogP contribution is 2.13. The molecule has 1 radical (unpaired) electrons. The Balaban J connectivity index is 2.11. The summed E-state index contributed by atoms with van der Waals surface area (Å²) in [6.45, 7) is 4.10. The second-order valence-corrected chi connectivity index (χ2v) is 5.21. The SMILES string of the molecule is [CH2]C(Cc1ccc(C(=O)c2ccccc2)cc1)N(C)C. The van der Waals surface area contributed by atoms with Gasteiger partial charge in [0.15, 0.2) is 5.78 Å². The van der Waals surface area contributed by atoms with Gasteiger partial charge in [0, 0.05) is 17.2 Å². The molecule has 0 spiro atoms. The van der Waals surface area contributed by atoms with E-state index < -0.39 is 0 Å². The van der Waals surface area contributed by atoms with E-state index in [1.165, 1.54) is 5.56 Å². The lowest BCUT2D eigenvalue weighted by atomic mass is 10.00. The Bertz CT molecular complexity index is 558. The normalized spacial score (nSPS) is 12.4. The maximum absolute atomic E-state index is 12.3. The predicted molar refractivity (Wildman–Crippen MR) is 82.9 cm³/mol. The van der Waals surface area contributed by atoms with E-state index in [1.807, 2.05) is 68.7 Å². The van der Waals surface area contributed by atoms with Crippen LogP contribution in [0.15, 0.2) is 54.6 Å². The monoisotopic (exact) mass is 266 g/mol. The first-order valence-electron chi connectivity index (χ1n) is 6.76. The van der Waals surface area contributed by atoms with Crippen LogP contribution in [0.3, 0.4) is 0 Å². The maximum Gasteiger partial charge on any atom is 0.193 e. The molecule has 0 fully saturated rings. The van der Waals surface area contributed by atoms with Crippen LogP contribution in [0.4, 0.5) is 0 Å². The number of hydrogen-bond donors (Lipinski definition) is 0. The van der Waals surface area contributed by atoms with Crippen LogP contribution in [-0.2, 0) is 6.42 Å². The maximum atomic E-state index is 12.3. The molecule has 0 aliphatic carbocycles. The molecule has 1 atom stereocenters. The lowest BCUT2D eigenvalue weighted by molar-refractivity contribution is 0.103. The average Bonchev–Trinajstić information content (AvgIpc) is 2.48. The van der Waals surface area contributed by atoms with Crippen LogP contribution < -0.4 is 0 Å². The molecule has 0 saturated carbocycles. The van der Waals surface area contributed by atoms with Gasteiger partial charge < -0.3 is 4.90 Å². The summed E-state index contributed by atoms with van der Waals surface area (Å²) < 4.78 is 0. The van der Waals surface area contributed by atoms with Gasteiger partial charge in [-0.2, -0.15) is 0 Å². The van der Waals surface area contributed by atoms with E-state index in [9.17, 15) is 4.79 Å². The van der Waals surface area contributed by atoms with Crippen molar-refractivity contribution in [2.24, 2.45) is 0 Å². The molecule has 0 aromatic heterocycles. The fourth-order valence-corrected chi connectivity index (χ4v) is 2.00. The largest absolute Gasteiger partial charge is 0.306 e. The molecule has 2 aromatic carbocycles. The summed E-state index contributed by atoms with van der Waals surface area (Å²) in [5.74, 6) is 0.0657. The van der Waals surface area contributed by atoms with Crippen molar-refractivity contribution in [3.05, 3.63) is 78.2 Å². The molecule has 0 saturated heterocycles. The molecular formula is C18H20NO. The average molecular weight is 266 g/mol. The van der Waals surface area contributed by atoms with Crippen LogP contribution in [0.25, 0.3) is 0 Å². The van der Waals surface area contributed by atoms with Gasteiger partial charge in [0.2, 0.25) is 0 Å². The first kappa shape index (κ1) is 14.5. The first-order chi connectivity index (χ1) is 9.58. The third-order valence-electron chi connectivity index (χ3n) is 3.45. The number of carbonyl (C=O) groups excluding carboxylic acids is 1. The van der Waals surface area contributed by atoms with Gasteiger partial charge in [-0.1, -0.05) is 54.6 Å². The van der Waals surface area contributed by atoms with Crippen molar-refractivity contribution in [1.82, 2.24) is 4.90 Å². The quantitative estimate of drug-likeness (QED) is 0.774. The number of hydrogen-bond acceptors (Lipinski definition) is 2. The van der Waals surface area contributed by atoms with Gasteiger partial charge in [0.25, 0.3) is 0 Å². The van der Waals surface area contributed by atoms with Crippen molar-refractivity contribution in [2.45, 2.75) is 12.5 Å². The summed E-state index contributed by atoms with van der Waals surface area (Å²) in [6, 6.07) is 17.4. The molecular weight excluding hydrogens is 246 g/mol. The molecule has 0 bridgehead atoms. The Hall–Kier alpha value is -1.93. The zero-order chi connectivity index (χ0) is 14.5. The van der Waals surface area contributed by atoms with Gasteiger partial charge in [-0.05, 0) is 33.0 Å². The molecule has 0 heterocycles. The molecule has 103 valence electrons. The smallest absolute Gasteiger partial charge is 0.193 e. The van der Waals surface area contributed by atoms with E-state index in [4.69, 9.17) is 0 Å². The Kier molecular flexibility index (Phi) is 4.70. The number of ketones is 1. The van der Waals surface area contributed by atoms with Crippen LogP contribution in [-0.4, -0.2) is 30.8 Å². The lowest BCUT2D eigenvalue weighted by Crippen LogP contribution is -2.26. The van der Waals surface area contributed by atoms with Crippen molar-refractivity contribution < 1.29 is 4.79 Å². The standard InChI is InChI=1S/C18H20NO/c1-14(19(2)3)13-15-9-11-17(12-10-15)18(20)16-7-5-4-6-8-16/h4-12,14H,1,13H2,2-3H3. The molecule has 0 N–H and O–H groups in total. The minimum Gasteiger partial charge on any atom is -0.306 e. The van der Waals surface area contributed by atoms with Crippen molar-refractivity contribution in [2.75, 3.05) is 14.1 Å². The third kappa shape index (κ3) is 3.55. The highest BCUT2D eigenvalue weighted by Gasteiger charge is 2.09. The molecule has 0 aliphatic rings. The van der Waals surface area contributed by atoms with Crippen molar-refractivity contribution in [3.8, 4) is 0 Å². The van der Waals surface area contributed by atoms with Crippen LogP contribution in [0.2, 0.25) is 0 Å². The molecule has 20 heavy (non-hydrogen) atoms. The van der Waals surface area contributed by atoms with Gasteiger partial charge in [0.1, 0.15) is 0 Å². The second-order valence-electron chi connectivity index (χ2n) is 5.21. The molecule has 2 aromatic rings. The minimum absolute atomic E-state index is 0.0657. The van der Waals surface area contributed by atoms with Crippen molar-refractivity contribution in [3.63, 3.8) is 0 Å². The Morgan fingerprint density at radius 2 is 1.55 bits per heavy atom. The van der Waals surface area contributed by atoms with Gasteiger partial charge in [0.05, 0.1) is 0 Å². The van der Waals surface area contributed by atoms with E-state index in [-0.39, 0.29) is 11.8 Å². The van der Waals surface area contributed by atoms with E-state index in [0.29, 0.717) is 0 Å². The topological polar surface area (TPSA) is 20.3 Å². The third-order valence-corrected chi connectivity index (χ3v) is 3.45. The molecule has 2 rings (SSSR count). The van der Waals surface area contributed by atoms with Gasteiger partial charge >= 0.3 is 0 Å². The van der Waals surface area contributed by atoms with Gasteiger partial charge in [-0.3, -0.25) is 4.79 Å². The van der Waals surface area contributed by atoms with Crippen molar-refractivity contribution in [1.29, 1.82) is 0 Å². The predicted octanol–water partition coefficient (Wildman–Crippen LogP) is 3.22. The molecule has 2 heteroatoms. The number of benzene rings is 2. The second kappa shape index (κ2) is 6.49. The molecule has 1 unspecified atom stereocenters. The summed E-state index contributed by atoms with van der Waals surface area (Å²) in [4.78, 5) is 14.4. The van der Waals surface area contributed by atoms with E-state index in [0.717, 1.165) is 17.5 Å². The van der Waals surface area contributed by atoms with E-state index >= 15 is 0 Å². The fraction of sp³-hybridized carbons (Fsp3) is 0.222. The summed E-state index contributed by atoms with van der Waals surface area (Å²) in [6.07, 6.45) is 0.882. The zero-order valence-corrected chi connectivity index (χ0v) is 12.0. The lowest BCUT2D eigenvalue weighted by Gasteiger charge is -2.19. The van der Waals surface area contributed by atoms with Crippen LogP contribution in [0.1, 0.15) is 21.5 Å². The van der Waals surface area contributed by atoms with Gasteiger partial charge in [-0.15, -0.1) is 0 Å². The zero-order valence-electron chi connectivity index (χ0n) is 12.0. The Morgan fingerprint density at radius 3 is 2.10 bits per heavy atom. The fourth-order valence-electron chi connectivity index (χ4n) is 2.00. The highest BCUT2D eigenvalue weighted by atomic mass is 16.1. The molecule has 0 aliphatic heterocycles. The van der Waals surface area contributed by atoms with E-state index in [1.54, 1.807) is 0 Å². The summed E-state index contributed by atoms with van der Waals surface area (Å²) >= 11 is 0. The number of rotatable bonds is 5. The minimum atomic E-state index is 0.0657. The van der Waals surface area contributed by atoms with Crippen LogP contribution in [0.5, 0.6) is 0 Å². The van der Waals surface area contributed by atoms with Crippen molar-refractivity contribution >= 4 is 5.78 Å². The Morgan fingerprint density at radius 1 is 1.00 bits per heavy atom. The molecule has 0 amide bonds. The summed E-state index contributed by atoms with van der Waals surface area (Å²) in [5, 5.41) is 0. The molecule has 2 nitrogen and oxygen atoms in total. The van der Waals surface area contributed by atoms with Crippen LogP contribution in [0, 0.1) is 6.92 Å². The summed E-state index contributed by atoms with van der Waals surface area (Å²) in [7, 11) is 4.04. The first-order valence-corrected chi connectivity index (χ1v) is 6.76. The number of likely N-dealkylation sites (N-methyl/N-ethyl adjacent to an activating group) is 1. The number of nitrogens with zero attached hydrogens (tertiary/aromatic N) is 1.